The molecule has 0 atom stereocenters. The Morgan fingerprint density at radius 1 is 1.20 bits per heavy atom. The first-order valence-electron chi connectivity index (χ1n) is 8.56. The summed E-state index contributed by atoms with van der Waals surface area (Å²) in [7, 11) is 0. The lowest BCUT2D eigenvalue weighted by Crippen LogP contribution is -2.38. The molecule has 0 aliphatic rings. The molecule has 1 aromatic carbocycles. The third kappa shape index (κ3) is 6.41. The summed E-state index contributed by atoms with van der Waals surface area (Å²) in [6, 6.07) is 10.6. The Hall–Kier alpha value is -2.63. The molecule has 0 spiro atoms. The van der Waals surface area contributed by atoms with E-state index in [-0.39, 0.29) is 5.82 Å². The largest absolute Gasteiger partial charge is 0.478 e. The van der Waals surface area contributed by atoms with Crippen molar-refractivity contribution in [1.29, 1.82) is 0 Å². The minimum Gasteiger partial charge on any atom is -0.478 e. The monoisotopic (exact) mass is 344 g/mol. The van der Waals surface area contributed by atoms with Gasteiger partial charge in [0.2, 0.25) is 5.88 Å². The molecule has 0 saturated carbocycles. The van der Waals surface area contributed by atoms with Crippen molar-refractivity contribution in [2.24, 2.45) is 4.99 Å². The summed E-state index contributed by atoms with van der Waals surface area (Å²) in [4.78, 5) is 8.70. The molecule has 1 heterocycles. The first-order valence-corrected chi connectivity index (χ1v) is 8.56. The topological polar surface area (TPSA) is 58.5 Å². The lowest BCUT2D eigenvalue weighted by molar-refractivity contribution is 0.326. The van der Waals surface area contributed by atoms with E-state index in [4.69, 9.17) is 4.74 Å². The number of nitrogens with zero attached hydrogens (tertiary/aromatic N) is 2. The van der Waals surface area contributed by atoms with Crippen LogP contribution in [0.15, 0.2) is 47.6 Å². The summed E-state index contributed by atoms with van der Waals surface area (Å²) in [5.74, 6) is 1.13. The van der Waals surface area contributed by atoms with Crippen molar-refractivity contribution in [3.05, 3.63) is 59.5 Å². The van der Waals surface area contributed by atoms with E-state index >= 15 is 0 Å². The van der Waals surface area contributed by atoms with E-state index in [0.717, 1.165) is 12.1 Å². The fourth-order valence-electron chi connectivity index (χ4n) is 2.30. The van der Waals surface area contributed by atoms with Gasteiger partial charge in [0.25, 0.3) is 0 Å². The van der Waals surface area contributed by atoms with Crippen LogP contribution in [0.2, 0.25) is 0 Å². The molecule has 25 heavy (non-hydrogen) atoms. The van der Waals surface area contributed by atoms with E-state index < -0.39 is 0 Å². The second-order valence-electron chi connectivity index (χ2n) is 5.40. The zero-order chi connectivity index (χ0) is 17.9. The van der Waals surface area contributed by atoms with Crippen LogP contribution < -0.4 is 15.4 Å². The van der Waals surface area contributed by atoms with Gasteiger partial charge in [-0.05, 0) is 43.5 Å². The molecule has 0 radical (unpaired) electrons. The standard InChI is InChI=1S/C19H25FN4O/c1-3-21-19(23-12-10-16-7-5-6-8-17(16)20)24-14-15-9-11-22-18(13-15)25-4-2/h5-9,11,13H,3-4,10,12,14H2,1-2H3,(H2,21,23,24). The Morgan fingerprint density at radius 2 is 2.04 bits per heavy atom. The van der Waals surface area contributed by atoms with Gasteiger partial charge in [0, 0.05) is 25.4 Å². The average Bonchev–Trinajstić information content (AvgIpc) is 2.62. The fourth-order valence-corrected chi connectivity index (χ4v) is 2.30. The zero-order valence-electron chi connectivity index (χ0n) is 14.8. The first kappa shape index (κ1) is 18.7. The molecule has 134 valence electrons. The lowest BCUT2D eigenvalue weighted by Gasteiger charge is -2.12. The van der Waals surface area contributed by atoms with Crippen molar-refractivity contribution < 1.29 is 9.13 Å². The van der Waals surface area contributed by atoms with Gasteiger partial charge in [-0.2, -0.15) is 0 Å². The molecular weight excluding hydrogens is 319 g/mol. The summed E-state index contributed by atoms with van der Waals surface area (Å²) < 4.78 is 19.0. The normalized spacial score (nSPS) is 11.2. The van der Waals surface area contributed by atoms with Crippen LogP contribution >= 0.6 is 0 Å². The van der Waals surface area contributed by atoms with E-state index in [1.54, 1.807) is 18.3 Å². The number of rotatable bonds is 8. The van der Waals surface area contributed by atoms with E-state index in [2.05, 4.69) is 20.6 Å². The highest BCUT2D eigenvalue weighted by atomic mass is 19.1. The first-order chi connectivity index (χ1) is 12.2. The van der Waals surface area contributed by atoms with Gasteiger partial charge in [-0.1, -0.05) is 18.2 Å². The molecule has 0 amide bonds. The number of ether oxygens (including phenoxy) is 1. The molecule has 2 rings (SSSR count). The van der Waals surface area contributed by atoms with Crippen LogP contribution in [0, 0.1) is 5.82 Å². The quantitative estimate of drug-likeness (QED) is 0.571. The number of hydrogen-bond donors (Lipinski definition) is 2. The maximum Gasteiger partial charge on any atom is 0.213 e. The second-order valence-corrected chi connectivity index (χ2v) is 5.40. The van der Waals surface area contributed by atoms with Crippen molar-refractivity contribution in [3.63, 3.8) is 0 Å². The molecule has 2 aromatic rings. The van der Waals surface area contributed by atoms with Crippen LogP contribution in [0.3, 0.4) is 0 Å². The molecular formula is C19H25FN4O. The molecule has 2 N–H and O–H groups in total. The van der Waals surface area contributed by atoms with Crippen LogP contribution in [0.5, 0.6) is 5.88 Å². The Balaban J connectivity index is 1.91. The maximum absolute atomic E-state index is 13.6. The number of guanidine groups is 1. The van der Waals surface area contributed by atoms with E-state index in [1.807, 2.05) is 32.0 Å². The van der Waals surface area contributed by atoms with Crippen LogP contribution in [0.25, 0.3) is 0 Å². The second kappa shape index (κ2) is 10.3. The van der Waals surface area contributed by atoms with Crippen LogP contribution in [-0.2, 0) is 13.0 Å². The van der Waals surface area contributed by atoms with E-state index in [0.29, 0.717) is 43.5 Å². The molecule has 0 bridgehead atoms. The van der Waals surface area contributed by atoms with Gasteiger partial charge in [-0.25, -0.2) is 14.4 Å². The Morgan fingerprint density at radius 3 is 2.80 bits per heavy atom. The number of benzene rings is 1. The van der Waals surface area contributed by atoms with Gasteiger partial charge in [-0.15, -0.1) is 0 Å². The average molecular weight is 344 g/mol. The number of halogens is 1. The number of aliphatic imine (C=N–C) groups is 1. The van der Waals surface area contributed by atoms with Crippen molar-refractivity contribution in [1.82, 2.24) is 15.6 Å². The molecule has 5 nitrogen and oxygen atoms in total. The molecule has 1 aromatic heterocycles. The minimum atomic E-state index is -0.175. The highest BCUT2D eigenvalue weighted by Gasteiger charge is 2.03. The third-order valence-electron chi connectivity index (χ3n) is 3.50. The molecule has 0 aliphatic heterocycles. The van der Waals surface area contributed by atoms with Gasteiger partial charge in [-0.3, -0.25) is 0 Å². The van der Waals surface area contributed by atoms with Gasteiger partial charge < -0.3 is 15.4 Å². The summed E-state index contributed by atoms with van der Waals surface area (Å²) in [6.45, 7) is 6.39. The molecule has 0 saturated heterocycles. The number of pyridine rings is 1. The van der Waals surface area contributed by atoms with Crippen molar-refractivity contribution >= 4 is 5.96 Å². The van der Waals surface area contributed by atoms with Crippen molar-refractivity contribution in [2.45, 2.75) is 26.8 Å². The molecule has 0 unspecified atom stereocenters. The van der Waals surface area contributed by atoms with E-state index in [1.165, 1.54) is 6.07 Å². The zero-order valence-corrected chi connectivity index (χ0v) is 14.8. The third-order valence-corrected chi connectivity index (χ3v) is 3.50. The molecule has 0 aliphatic carbocycles. The fraction of sp³-hybridized carbons (Fsp3) is 0.368. The summed E-state index contributed by atoms with van der Waals surface area (Å²) in [6.07, 6.45) is 2.31. The minimum absolute atomic E-state index is 0.175. The molecule has 6 heteroatoms. The highest BCUT2D eigenvalue weighted by Crippen LogP contribution is 2.10. The SMILES string of the molecule is CCNC(=NCc1ccnc(OCC)c1)NCCc1ccccc1F. The predicted molar refractivity (Wildman–Crippen MR) is 98.3 cm³/mol. The summed E-state index contributed by atoms with van der Waals surface area (Å²) in [5, 5.41) is 6.42. The predicted octanol–water partition coefficient (Wildman–Crippen LogP) is 2.92. The number of aromatic nitrogens is 1. The summed E-state index contributed by atoms with van der Waals surface area (Å²) >= 11 is 0. The van der Waals surface area contributed by atoms with Gasteiger partial charge in [0.15, 0.2) is 5.96 Å². The van der Waals surface area contributed by atoms with Gasteiger partial charge >= 0.3 is 0 Å². The number of nitrogens with one attached hydrogen (secondary N) is 2. The van der Waals surface area contributed by atoms with Crippen LogP contribution in [0.4, 0.5) is 4.39 Å². The molecule has 0 fully saturated rings. The Bertz CT molecular complexity index is 691. The van der Waals surface area contributed by atoms with E-state index in [9.17, 15) is 4.39 Å². The van der Waals surface area contributed by atoms with Crippen molar-refractivity contribution in [2.75, 3.05) is 19.7 Å². The number of hydrogen-bond acceptors (Lipinski definition) is 3. The van der Waals surface area contributed by atoms with Crippen LogP contribution in [0.1, 0.15) is 25.0 Å². The highest BCUT2D eigenvalue weighted by molar-refractivity contribution is 5.79. The van der Waals surface area contributed by atoms with Gasteiger partial charge in [0.1, 0.15) is 5.82 Å². The smallest absolute Gasteiger partial charge is 0.213 e. The Kier molecular flexibility index (Phi) is 7.69. The lowest BCUT2D eigenvalue weighted by atomic mass is 10.1. The maximum atomic E-state index is 13.6. The van der Waals surface area contributed by atoms with Crippen molar-refractivity contribution in [3.8, 4) is 5.88 Å². The summed E-state index contributed by atoms with van der Waals surface area (Å²) in [5.41, 5.74) is 1.71. The Labute approximate surface area is 148 Å². The van der Waals surface area contributed by atoms with Gasteiger partial charge in [0.05, 0.1) is 13.2 Å². The van der Waals surface area contributed by atoms with Crippen LogP contribution in [-0.4, -0.2) is 30.6 Å².